The maximum atomic E-state index is 13.2. The van der Waals surface area contributed by atoms with Gasteiger partial charge in [-0.2, -0.15) is 0 Å². The van der Waals surface area contributed by atoms with Crippen LogP contribution in [0.3, 0.4) is 0 Å². The summed E-state index contributed by atoms with van der Waals surface area (Å²) in [6.45, 7) is -0.0737. The number of nitrogens with one attached hydrogen (secondary N) is 3. The van der Waals surface area contributed by atoms with Crippen LogP contribution in [0.25, 0.3) is 10.9 Å². The van der Waals surface area contributed by atoms with E-state index in [1.165, 1.54) is 17.0 Å². The Kier molecular flexibility index (Phi) is 8.27. The average molecular weight is 522 g/mol. The predicted octanol–water partition coefficient (Wildman–Crippen LogP) is 0.663. The minimum Gasteiger partial charge on any atom is -0.508 e. The number of carbonyl (C=O) groups is 4. The van der Waals surface area contributed by atoms with Crippen LogP contribution >= 0.6 is 0 Å². The Balaban J connectivity index is 1.45. The number of nitrogens with zero attached hydrogens (tertiary/aromatic N) is 1. The van der Waals surface area contributed by atoms with E-state index in [1.807, 2.05) is 24.3 Å². The van der Waals surface area contributed by atoms with Gasteiger partial charge < -0.3 is 36.5 Å². The van der Waals surface area contributed by atoms with E-state index < -0.39 is 41.8 Å². The zero-order valence-electron chi connectivity index (χ0n) is 20.7. The number of carboxylic acids is 1. The van der Waals surface area contributed by atoms with Crippen molar-refractivity contribution in [1.82, 2.24) is 20.5 Å². The Bertz CT molecular complexity index is 1320. The number of aromatic hydroxyl groups is 1. The minimum absolute atomic E-state index is 0.0976. The molecular weight excluding hydrogens is 490 g/mol. The first-order valence-electron chi connectivity index (χ1n) is 12.4. The third-order valence-corrected chi connectivity index (χ3v) is 6.73. The fourth-order valence-corrected chi connectivity index (χ4v) is 4.70. The Hall–Kier alpha value is -4.38. The van der Waals surface area contributed by atoms with Crippen LogP contribution in [0, 0.1) is 0 Å². The summed E-state index contributed by atoms with van der Waals surface area (Å²) in [5.41, 5.74) is 8.53. The van der Waals surface area contributed by atoms with Crippen LogP contribution in [0.15, 0.2) is 54.7 Å². The molecule has 3 aromatic rings. The topological polar surface area (TPSA) is 178 Å². The second-order valence-corrected chi connectivity index (χ2v) is 9.40. The second-order valence-electron chi connectivity index (χ2n) is 9.40. The second kappa shape index (κ2) is 11.8. The standard InChI is InChI=1S/C27H31N5O6/c28-20(12-16-7-9-18(33)10-8-16)25(35)31-22(13-17-14-29-21-5-2-1-4-19(17)21)26(36)30-15-24(34)32-11-3-6-23(32)27(37)38/h1-2,4-5,7-10,14,20,22-23,29,33H,3,6,11-13,15,28H2,(H,30,36)(H,31,35)(H,37,38). The molecule has 1 saturated heterocycles. The van der Waals surface area contributed by atoms with Crippen molar-refractivity contribution in [2.75, 3.05) is 13.1 Å². The summed E-state index contributed by atoms with van der Waals surface area (Å²) in [6.07, 6.45) is 3.04. The van der Waals surface area contributed by atoms with Crippen LogP contribution < -0.4 is 16.4 Å². The maximum absolute atomic E-state index is 13.2. The monoisotopic (exact) mass is 521 g/mol. The highest BCUT2D eigenvalue weighted by molar-refractivity contribution is 5.93. The fraction of sp³-hybridized carbons (Fsp3) is 0.333. The molecule has 0 aliphatic carbocycles. The number of fused-ring (bicyclic) bond motifs is 1. The lowest BCUT2D eigenvalue weighted by molar-refractivity contribution is -0.148. The molecule has 11 nitrogen and oxygen atoms in total. The summed E-state index contributed by atoms with van der Waals surface area (Å²) in [7, 11) is 0. The maximum Gasteiger partial charge on any atom is 0.326 e. The van der Waals surface area contributed by atoms with E-state index in [0.717, 1.165) is 22.0 Å². The number of carboxylic acid groups (broad SMARTS) is 1. The van der Waals surface area contributed by atoms with Gasteiger partial charge in [-0.25, -0.2) is 4.79 Å². The van der Waals surface area contributed by atoms with E-state index in [2.05, 4.69) is 15.6 Å². The summed E-state index contributed by atoms with van der Waals surface area (Å²) in [5, 5.41) is 25.0. The Morgan fingerprint density at radius 3 is 2.53 bits per heavy atom. The van der Waals surface area contributed by atoms with Gasteiger partial charge in [-0.1, -0.05) is 30.3 Å². The average Bonchev–Trinajstić information content (AvgIpc) is 3.56. The largest absolute Gasteiger partial charge is 0.508 e. The molecule has 0 spiro atoms. The van der Waals surface area contributed by atoms with Gasteiger partial charge in [0.05, 0.1) is 12.6 Å². The number of hydrogen-bond acceptors (Lipinski definition) is 6. The van der Waals surface area contributed by atoms with Crippen LogP contribution in [0.2, 0.25) is 0 Å². The summed E-state index contributed by atoms with van der Waals surface area (Å²) in [4.78, 5) is 54.6. The lowest BCUT2D eigenvalue weighted by Gasteiger charge is -2.23. The fourth-order valence-electron chi connectivity index (χ4n) is 4.70. The molecule has 1 aliphatic heterocycles. The first kappa shape index (κ1) is 26.7. The van der Waals surface area contributed by atoms with E-state index in [0.29, 0.717) is 19.4 Å². The lowest BCUT2D eigenvalue weighted by atomic mass is 10.0. The van der Waals surface area contributed by atoms with Crippen molar-refractivity contribution < 1.29 is 29.4 Å². The lowest BCUT2D eigenvalue weighted by Crippen LogP contribution is -2.54. The molecule has 2 aromatic carbocycles. The third-order valence-electron chi connectivity index (χ3n) is 6.73. The summed E-state index contributed by atoms with van der Waals surface area (Å²) >= 11 is 0. The number of rotatable bonds is 10. The SMILES string of the molecule is NC(Cc1ccc(O)cc1)C(=O)NC(Cc1c[nH]c2ccccc12)C(=O)NCC(=O)N1CCCC1C(=O)O. The number of aliphatic carboxylic acids is 1. The van der Waals surface area contributed by atoms with Gasteiger partial charge in [0.25, 0.3) is 0 Å². The molecule has 0 radical (unpaired) electrons. The van der Waals surface area contributed by atoms with Crippen molar-refractivity contribution in [2.24, 2.45) is 5.73 Å². The molecule has 3 atom stereocenters. The number of aromatic nitrogens is 1. The molecule has 38 heavy (non-hydrogen) atoms. The first-order chi connectivity index (χ1) is 18.2. The van der Waals surface area contributed by atoms with Gasteiger partial charge in [-0.15, -0.1) is 0 Å². The molecule has 1 aromatic heterocycles. The van der Waals surface area contributed by atoms with Gasteiger partial charge in [0.1, 0.15) is 17.8 Å². The van der Waals surface area contributed by atoms with E-state index in [-0.39, 0.29) is 25.1 Å². The number of nitrogens with two attached hydrogens (primary N) is 1. The zero-order valence-corrected chi connectivity index (χ0v) is 20.7. The number of H-pyrrole nitrogens is 1. The molecule has 11 heteroatoms. The number of amides is 3. The molecular formula is C27H31N5O6. The van der Waals surface area contributed by atoms with Crippen LogP contribution in [0.5, 0.6) is 5.75 Å². The molecule has 0 bridgehead atoms. The van der Waals surface area contributed by atoms with E-state index in [4.69, 9.17) is 5.73 Å². The smallest absolute Gasteiger partial charge is 0.326 e. The highest BCUT2D eigenvalue weighted by Gasteiger charge is 2.34. The summed E-state index contributed by atoms with van der Waals surface area (Å²) in [6, 6.07) is 11.0. The van der Waals surface area contributed by atoms with Gasteiger partial charge in [-0.3, -0.25) is 14.4 Å². The molecule has 3 unspecified atom stereocenters. The molecule has 0 saturated carbocycles. The Labute approximate surface area is 219 Å². The van der Waals surface area contributed by atoms with Crippen LogP contribution in [0.4, 0.5) is 0 Å². The molecule has 1 aliphatic rings. The summed E-state index contributed by atoms with van der Waals surface area (Å²) in [5.74, 6) is -2.60. The van der Waals surface area contributed by atoms with Crippen molar-refractivity contribution in [2.45, 2.75) is 43.8 Å². The molecule has 3 amide bonds. The zero-order chi connectivity index (χ0) is 27.2. The number of aromatic amines is 1. The van der Waals surface area contributed by atoms with Crippen LogP contribution in [-0.4, -0.2) is 75.0 Å². The quantitative estimate of drug-likeness (QED) is 0.227. The van der Waals surface area contributed by atoms with Crippen molar-refractivity contribution in [3.8, 4) is 5.75 Å². The minimum atomic E-state index is -1.07. The van der Waals surface area contributed by atoms with Crippen molar-refractivity contribution >= 4 is 34.6 Å². The number of benzene rings is 2. The molecule has 2 heterocycles. The number of hydrogen-bond donors (Lipinski definition) is 6. The molecule has 7 N–H and O–H groups in total. The molecule has 1 fully saturated rings. The van der Waals surface area contributed by atoms with Gasteiger partial charge >= 0.3 is 5.97 Å². The van der Waals surface area contributed by atoms with E-state index in [1.54, 1.807) is 18.3 Å². The van der Waals surface area contributed by atoms with Gasteiger partial charge in [-0.05, 0) is 48.6 Å². The summed E-state index contributed by atoms with van der Waals surface area (Å²) < 4.78 is 0. The van der Waals surface area contributed by atoms with E-state index >= 15 is 0 Å². The van der Waals surface area contributed by atoms with Gasteiger partial charge in [0.15, 0.2) is 0 Å². The van der Waals surface area contributed by atoms with Crippen molar-refractivity contribution in [3.63, 3.8) is 0 Å². The third kappa shape index (κ3) is 6.30. The first-order valence-corrected chi connectivity index (χ1v) is 12.4. The number of likely N-dealkylation sites (tertiary alicyclic amines) is 1. The highest BCUT2D eigenvalue weighted by Crippen LogP contribution is 2.20. The van der Waals surface area contributed by atoms with Crippen molar-refractivity contribution in [1.29, 1.82) is 0 Å². The number of para-hydroxylation sites is 1. The number of phenolic OH excluding ortho intramolecular Hbond substituents is 1. The number of phenols is 1. The van der Waals surface area contributed by atoms with Crippen LogP contribution in [-0.2, 0) is 32.0 Å². The number of carbonyl (C=O) groups excluding carboxylic acids is 3. The Morgan fingerprint density at radius 2 is 1.79 bits per heavy atom. The Morgan fingerprint density at radius 1 is 1.05 bits per heavy atom. The predicted molar refractivity (Wildman–Crippen MR) is 139 cm³/mol. The highest BCUT2D eigenvalue weighted by atomic mass is 16.4. The van der Waals surface area contributed by atoms with Crippen molar-refractivity contribution in [3.05, 3.63) is 65.9 Å². The van der Waals surface area contributed by atoms with Crippen LogP contribution in [0.1, 0.15) is 24.0 Å². The van der Waals surface area contributed by atoms with E-state index in [9.17, 15) is 29.4 Å². The van der Waals surface area contributed by atoms with Gasteiger partial charge in [0.2, 0.25) is 17.7 Å². The van der Waals surface area contributed by atoms with Gasteiger partial charge in [0, 0.05) is 30.1 Å². The molecule has 200 valence electrons. The molecule has 4 rings (SSSR count). The normalized spacial score (nSPS) is 16.7.